The Hall–Kier alpha value is -1.35. The molecule has 0 aliphatic carbocycles. The molecule has 1 rings (SSSR count). The van der Waals surface area contributed by atoms with Gasteiger partial charge in [-0.3, -0.25) is 4.79 Å². The van der Waals surface area contributed by atoms with Gasteiger partial charge >= 0.3 is 0 Å². The maximum absolute atomic E-state index is 11.1. The van der Waals surface area contributed by atoms with Crippen molar-refractivity contribution < 1.29 is 4.79 Å². The largest absolute Gasteiger partial charge is 0.384 e. The molecular formula is C12H18N2O. The van der Waals surface area contributed by atoms with Gasteiger partial charge in [0.05, 0.1) is 0 Å². The topological polar surface area (TPSA) is 41.1 Å². The summed E-state index contributed by atoms with van der Waals surface area (Å²) in [7, 11) is 0. The molecule has 0 unspecified atom stereocenters. The van der Waals surface area contributed by atoms with Crippen LogP contribution in [-0.4, -0.2) is 25.4 Å². The Morgan fingerprint density at radius 3 is 2.80 bits per heavy atom. The van der Waals surface area contributed by atoms with Crippen LogP contribution in [0.15, 0.2) is 24.3 Å². The molecule has 0 saturated heterocycles. The molecule has 0 fully saturated rings. The lowest BCUT2D eigenvalue weighted by Crippen LogP contribution is -2.21. The zero-order valence-corrected chi connectivity index (χ0v) is 9.34. The summed E-state index contributed by atoms with van der Waals surface area (Å²) in [4.78, 5) is 11.1. The number of hydrogen-bond acceptors (Lipinski definition) is 3. The van der Waals surface area contributed by atoms with Crippen LogP contribution in [0.5, 0.6) is 0 Å². The van der Waals surface area contributed by atoms with Crippen LogP contribution in [0.25, 0.3) is 0 Å². The summed E-state index contributed by atoms with van der Waals surface area (Å²) in [5.41, 5.74) is 1.75. The Bertz CT molecular complexity index is 323. The zero-order chi connectivity index (χ0) is 11.1. The third-order valence-corrected chi connectivity index (χ3v) is 2.15. The number of benzene rings is 1. The van der Waals surface area contributed by atoms with Crippen molar-refractivity contribution in [2.45, 2.75) is 13.8 Å². The molecule has 0 radical (unpaired) electrons. The van der Waals surface area contributed by atoms with Gasteiger partial charge in [-0.1, -0.05) is 19.1 Å². The van der Waals surface area contributed by atoms with Gasteiger partial charge in [0.15, 0.2) is 5.78 Å². The molecule has 1 aromatic rings. The summed E-state index contributed by atoms with van der Waals surface area (Å²) < 4.78 is 0. The molecule has 0 atom stereocenters. The number of nitrogens with one attached hydrogen (secondary N) is 2. The van der Waals surface area contributed by atoms with Crippen LogP contribution in [0.4, 0.5) is 5.69 Å². The van der Waals surface area contributed by atoms with Crippen LogP contribution < -0.4 is 10.6 Å². The van der Waals surface area contributed by atoms with Crippen LogP contribution in [-0.2, 0) is 0 Å². The molecule has 0 saturated carbocycles. The van der Waals surface area contributed by atoms with E-state index in [1.54, 1.807) is 6.92 Å². The first-order chi connectivity index (χ1) is 7.24. The summed E-state index contributed by atoms with van der Waals surface area (Å²) in [5.74, 6) is 0.102. The number of likely N-dealkylation sites (N-methyl/N-ethyl adjacent to an activating group) is 1. The molecule has 0 heterocycles. The number of hydrogen-bond donors (Lipinski definition) is 2. The van der Waals surface area contributed by atoms with Crippen LogP contribution in [0.2, 0.25) is 0 Å². The van der Waals surface area contributed by atoms with Gasteiger partial charge in [-0.05, 0) is 25.6 Å². The molecule has 0 amide bonds. The van der Waals surface area contributed by atoms with Crippen LogP contribution >= 0.6 is 0 Å². The smallest absolute Gasteiger partial charge is 0.159 e. The Kier molecular flexibility index (Phi) is 4.84. The van der Waals surface area contributed by atoms with Gasteiger partial charge in [0.1, 0.15) is 0 Å². The highest BCUT2D eigenvalue weighted by molar-refractivity contribution is 5.94. The lowest BCUT2D eigenvalue weighted by Gasteiger charge is -2.07. The average Bonchev–Trinajstić information content (AvgIpc) is 2.25. The van der Waals surface area contributed by atoms with Crippen molar-refractivity contribution in [3.63, 3.8) is 0 Å². The predicted molar refractivity (Wildman–Crippen MR) is 63.5 cm³/mol. The molecule has 0 aliphatic rings. The summed E-state index contributed by atoms with van der Waals surface area (Å²) in [6, 6.07) is 7.58. The summed E-state index contributed by atoms with van der Waals surface area (Å²) >= 11 is 0. The fourth-order valence-corrected chi connectivity index (χ4v) is 1.32. The van der Waals surface area contributed by atoms with Gasteiger partial charge < -0.3 is 10.6 Å². The first-order valence-corrected chi connectivity index (χ1v) is 5.29. The van der Waals surface area contributed by atoms with Crippen LogP contribution in [0.1, 0.15) is 24.2 Å². The van der Waals surface area contributed by atoms with Crippen molar-refractivity contribution >= 4 is 11.5 Å². The van der Waals surface area contributed by atoms with Gasteiger partial charge in [-0.2, -0.15) is 0 Å². The van der Waals surface area contributed by atoms with E-state index in [-0.39, 0.29) is 5.78 Å². The first-order valence-electron chi connectivity index (χ1n) is 5.29. The van der Waals surface area contributed by atoms with Gasteiger partial charge in [0, 0.05) is 24.3 Å². The minimum absolute atomic E-state index is 0.102. The van der Waals surface area contributed by atoms with E-state index >= 15 is 0 Å². The molecule has 3 nitrogen and oxygen atoms in total. The number of carbonyl (C=O) groups is 1. The molecule has 0 spiro atoms. The van der Waals surface area contributed by atoms with E-state index in [0.29, 0.717) is 0 Å². The van der Waals surface area contributed by atoms with Gasteiger partial charge in [0.25, 0.3) is 0 Å². The third kappa shape index (κ3) is 4.13. The second kappa shape index (κ2) is 6.19. The number of Topliss-reactive ketones (excluding diaryl/α,β-unsaturated/α-hetero) is 1. The standard InChI is InChI=1S/C12H18N2O/c1-3-13-7-8-14-12-6-4-5-11(9-12)10(2)15/h4-6,9,13-14H,3,7-8H2,1-2H3. The number of anilines is 1. The number of ketones is 1. The third-order valence-electron chi connectivity index (χ3n) is 2.15. The number of carbonyl (C=O) groups excluding carboxylic acids is 1. The Labute approximate surface area is 90.9 Å². The van der Waals surface area contributed by atoms with E-state index < -0.39 is 0 Å². The van der Waals surface area contributed by atoms with Gasteiger partial charge in [0.2, 0.25) is 0 Å². The lowest BCUT2D eigenvalue weighted by atomic mass is 10.1. The minimum Gasteiger partial charge on any atom is -0.384 e. The highest BCUT2D eigenvalue weighted by Crippen LogP contribution is 2.10. The molecular weight excluding hydrogens is 188 g/mol. The number of rotatable bonds is 6. The van der Waals surface area contributed by atoms with E-state index in [1.807, 2.05) is 24.3 Å². The summed E-state index contributed by atoms with van der Waals surface area (Å²) in [5, 5.41) is 6.49. The average molecular weight is 206 g/mol. The van der Waals surface area contributed by atoms with Crippen molar-refractivity contribution in [1.82, 2.24) is 5.32 Å². The Morgan fingerprint density at radius 1 is 1.33 bits per heavy atom. The molecule has 1 aromatic carbocycles. The Morgan fingerprint density at radius 2 is 2.13 bits per heavy atom. The summed E-state index contributed by atoms with van der Waals surface area (Å²) in [6.45, 7) is 6.44. The van der Waals surface area contributed by atoms with E-state index in [4.69, 9.17) is 0 Å². The molecule has 0 aliphatic heterocycles. The fourth-order valence-electron chi connectivity index (χ4n) is 1.32. The molecule has 82 valence electrons. The van der Waals surface area contributed by atoms with Crippen molar-refractivity contribution in [3.05, 3.63) is 29.8 Å². The fraction of sp³-hybridized carbons (Fsp3) is 0.417. The lowest BCUT2D eigenvalue weighted by molar-refractivity contribution is 0.101. The van der Waals surface area contributed by atoms with Crippen molar-refractivity contribution in [2.75, 3.05) is 25.0 Å². The van der Waals surface area contributed by atoms with E-state index in [9.17, 15) is 4.79 Å². The van der Waals surface area contributed by atoms with Crippen molar-refractivity contribution in [1.29, 1.82) is 0 Å². The second-order valence-electron chi connectivity index (χ2n) is 3.42. The van der Waals surface area contributed by atoms with Crippen LogP contribution in [0.3, 0.4) is 0 Å². The zero-order valence-electron chi connectivity index (χ0n) is 9.34. The molecule has 0 aromatic heterocycles. The molecule has 2 N–H and O–H groups in total. The predicted octanol–water partition coefficient (Wildman–Crippen LogP) is 1.91. The monoisotopic (exact) mass is 206 g/mol. The molecule has 15 heavy (non-hydrogen) atoms. The van der Waals surface area contributed by atoms with Gasteiger partial charge in [-0.15, -0.1) is 0 Å². The maximum atomic E-state index is 11.1. The first kappa shape index (κ1) is 11.7. The van der Waals surface area contributed by atoms with Crippen molar-refractivity contribution in [2.24, 2.45) is 0 Å². The van der Waals surface area contributed by atoms with E-state index in [2.05, 4.69) is 17.6 Å². The Balaban J connectivity index is 2.47. The van der Waals surface area contributed by atoms with Crippen LogP contribution in [0, 0.1) is 0 Å². The second-order valence-corrected chi connectivity index (χ2v) is 3.42. The quantitative estimate of drug-likeness (QED) is 0.552. The SMILES string of the molecule is CCNCCNc1cccc(C(C)=O)c1. The van der Waals surface area contributed by atoms with Gasteiger partial charge in [-0.25, -0.2) is 0 Å². The summed E-state index contributed by atoms with van der Waals surface area (Å²) in [6.07, 6.45) is 0. The normalized spacial score (nSPS) is 10.0. The minimum atomic E-state index is 0.102. The highest BCUT2D eigenvalue weighted by Gasteiger charge is 1.99. The molecule has 3 heteroatoms. The molecule has 0 bridgehead atoms. The maximum Gasteiger partial charge on any atom is 0.159 e. The van der Waals surface area contributed by atoms with Crippen molar-refractivity contribution in [3.8, 4) is 0 Å². The van der Waals surface area contributed by atoms with E-state index in [0.717, 1.165) is 30.9 Å². The van der Waals surface area contributed by atoms with E-state index in [1.165, 1.54) is 0 Å². The highest BCUT2D eigenvalue weighted by atomic mass is 16.1.